The Balaban J connectivity index is 1.84. The number of carbonyl (C=O) groups excluding carboxylic acids is 1. The average Bonchev–Trinajstić information content (AvgIpc) is 3.14. The Hall–Kier alpha value is -1.86. The number of rotatable bonds is 7. The number of carbonyl (C=O) groups is 1. The van der Waals surface area contributed by atoms with Crippen molar-refractivity contribution in [1.29, 1.82) is 0 Å². The molecule has 6 nitrogen and oxygen atoms in total. The number of thioether (sulfide) groups is 1. The normalized spacial score (nSPS) is 16.1. The maximum atomic E-state index is 12.8. The molecule has 0 unspecified atom stereocenters. The van der Waals surface area contributed by atoms with E-state index < -0.39 is 0 Å². The van der Waals surface area contributed by atoms with Gasteiger partial charge in [-0.15, -0.1) is 0 Å². The molecule has 0 saturated heterocycles. The second kappa shape index (κ2) is 8.68. The first-order valence-corrected chi connectivity index (χ1v) is 9.93. The van der Waals surface area contributed by atoms with Gasteiger partial charge in [0.25, 0.3) is 5.56 Å². The Morgan fingerprint density at radius 3 is 2.85 bits per heavy atom. The molecule has 140 valence electrons. The van der Waals surface area contributed by atoms with Crippen molar-refractivity contribution in [1.82, 2.24) is 14.9 Å². The van der Waals surface area contributed by atoms with E-state index in [2.05, 4.69) is 10.3 Å². The van der Waals surface area contributed by atoms with E-state index in [0.717, 1.165) is 12.8 Å². The van der Waals surface area contributed by atoms with E-state index in [1.165, 1.54) is 24.6 Å². The van der Waals surface area contributed by atoms with Gasteiger partial charge >= 0.3 is 0 Å². The second-order valence-corrected chi connectivity index (χ2v) is 7.92. The van der Waals surface area contributed by atoms with E-state index >= 15 is 0 Å². The third kappa shape index (κ3) is 4.27. The Bertz CT molecular complexity index is 830. The number of nitrogens with zero attached hydrogens (tertiary/aromatic N) is 2. The van der Waals surface area contributed by atoms with Crippen LogP contribution in [0, 0.1) is 0 Å². The highest BCUT2D eigenvalue weighted by Gasteiger charge is 2.23. The molecule has 3 rings (SSSR count). The van der Waals surface area contributed by atoms with Crippen LogP contribution in [0.2, 0.25) is 0 Å². The highest BCUT2D eigenvalue weighted by atomic mass is 32.2. The molecule has 1 saturated carbocycles. The number of para-hydroxylation sites is 1. The van der Waals surface area contributed by atoms with Gasteiger partial charge in [0.15, 0.2) is 5.16 Å². The first kappa shape index (κ1) is 18.9. The zero-order valence-electron chi connectivity index (χ0n) is 15.2. The van der Waals surface area contributed by atoms with Crippen LogP contribution in [0.4, 0.5) is 0 Å². The minimum Gasteiger partial charge on any atom is -0.383 e. The van der Waals surface area contributed by atoms with Gasteiger partial charge in [0.2, 0.25) is 5.91 Å². The van der Waals surface area contributed by atoms with E-state index in [9.17, 15) is 9.59 Å². The van der Waals surface area contributed by atoms with Crippen molar-refractivity contribution in [3.05, 3.63) is 34.6 Å². The van der Waals surface area contributed by atoms with Crippen LogP contribution in [0.1, 0.15) is 32.6 Å². The lowest BCUT2D eigenvalue weighted by Gasteiger charge is -2.18. The largest absolute Gasteiger partial charge is 0.383 e. The minimum absolute atomic E-state index is 0.00241. The van der Waals surface area contributed by atoms with Crippen molar-refractivity contribution in [2.24, 2.45) is 0 Å². The summed E-state index contributed by atoms with van der Waals surface area (Å²) in [6.45, 7) is 2.68. The summed E-state index contributed by atoms with van der Waals surface area (Å²) in [5, 5.41) is 3.93. The van der Waals surface area contributed by atoms with Crippen molar-refractivity contribution >= 4 is 28.6 Å². The van der Waals surface area contributed by atoms with Gasteiger partial charge in [-0.2, -0.15) is 0 Å². The van der Waals surface area contributed by atoms with Crippen molar-refractivity contribution in [3.63, 3.8) is 0 Å². The minimum atomic E-state index is -0.322. The maximum absolute atomic E-state index is 12.8. The summed E-state index contributed by atoms with van der Waals surface area (Å²) in [4.78, 5) is 30.0. The maximum Gasteiger partial charge on any atom is 0.262 e. The predicted molar refractivity (Wildman–Crippen MR) is 104 cm³/mol. The van der Waals surface area contributed by atoms with Gasteiger partial charge in [-0.3, -0.25) is 14.2 Å². The standard InChI is InChI=1S/C19H25N3O3S/c1-13(17(23)20-14-7-3-4-8-14)26-19-21-16-10-6-5-9-15(16)18(24)22(19)11-12-25-2/h5-6,9-10,13-14H,3-4,7-8,11-12H2,1-2H3,(H,20,23)/t13-/m0/s1. The van der Waals surface area contributed by atoms with E-state index in [4.69, 9.17) is 4.74 Å². The van der Waals surface area contributed by atoms with E-state index in [1.54, 1.807) is 17.7 Å². The van der Waals surface area contributed by atoms with Crippen molar-refractivity contribution in [3.8, 4) is 0 Å². The van der Waals surface area contributed by atoms with Crippen LogP contribution < -0.4 is 10.9 Å². The molecule has 1 aromatic carbocycles. The van der Waals surface area contributed by atoms with E-state index in [-0.39, 0.29) is 22.8 Å². The van der Waals surface area contributed by atoms with Crippen LogP contribution in [0.3, 0.4) is 0 Å². The lowest BCUT2D eigenvalue weighted by Crippen LogP contribution is -2.38. The molecule has 1 heterocycles. The van der Waals surface area contributed by atoms with E-state index in [0.29, 0.717) is 29.2 Å². The molecular weight excluding hydrogens is 350 g/mol. The number of hydrogen-bond donors (Lipinski definition) is 1. The zero-order chi connectivity index (χ0) is 18.5. The van der Waals surface area contributed by atoms with Gasteiger partial charge < -0.3 is 10.1 Å². The number of methoxy groups -OCH3 is 1. The van der Waals surface area contributed by atoms with E-state index in [1.807, 2.05) is 25.1 Å². The molecule has 1 aromatic heterocycles. The third-order valence-corrected chi connectivity index (χ3v) is 5.79. The van der Waals surface area contributed by atoms with Gasteiger partial charge in [0.1, 0.15) is 0 Å². The third-order valence-electron chi connectivity index (χ3n) is 4.70. The summed E-state index contributed by atoms with van der Waals surface area (Å²) in [6, 6.07) is 7.57. The molecule has 1 aliphatic carbocycles. The van der Waals surface area contributed by atoms with Crippen LogP contribution in [0.15, 0.2) is 34.2 Å². The molecule has 1 aliphatic rings. The second-order valence-electron chi connectivity index (χ2n) is 6.61. The van der Waals surface area contributed by atoms with Crippen molar-refractivity contribution in [2.45, 2.75) is 55.6 Å². The highest BCUT2D eigenvalue weighted by molar-refractivity contribution is 8.00. The Labute approximate surface area is 157 Å². The van der Waals surface area contributed by atoms with Crippen LogP contribution in [-0.4, -0.2) is 40.5 Å². The summed E-state index contributed by atoms with van der Waals surface area (Å²) in [5.41, 5.74) is 0.551. The Morgan fingerprint density at radius 2 is 2.12 bits per heavy atom. The number of hydrogen-bond acceptors (Lipinski definition) is 5. The SMILES string of the molecule is COCCn1c(S[C@@H](C)C(=O)NC2CCCC2)nc2ccccc2c1=O. The van der Waals surface area contributed by atoms with Crippen LogP contribution >= 0.6 is 11.8 Å². The zero-order valence-corrected chi connectivity index (χ0v) is 16.1. The molecule has 0 spiro atoms. The smallest absolute Gasteiger partial charge is 0.262 e. The van der Waals surface area contributed by atoms with Crippen molar-refractivity contribution in [2.75, 3.05) is 13.7 Å². The molecule has 1 amide bonds. The summed E-state index contributed by atoms with van der Waals surface area (Å²) >= 11 is 1.33. The lowest BCUT2D eigenvalue weighted by molar-refractivity contribution is -0.120. The summed E-state index contributed by atoms with van der Waals surface area (Å²) in [5.74, 6) is 0.00241. The van der Waals surface area contributed by atoms with Crippen molar-refractivity contribution < 1.29 is 9.53 Å². The van der Waals surface area contributed by atoms with Gasteiger partial charge in [-0.1, -0.05) is 36.7 Å². The average molecular weight is 375 g/mol. The first-order chi connectivity index (χ1) is 12.6. The van der Waals surface area contributed by atoms with Gasteiger partial charge in [-0.25, -0.2) is 4.98 Å². The van der Waals surface area contributed by atoms with Gasteiger partial charge in [0.05, 0.1) is 29.3 Å². The fourth-order valence-electron chi connectivity index (χ4n) is 3.22. The Morgan fingerprint density at radius 1 is 1.38 bits per heavy atom. The number of ether oxygens (including phenoxy) is 1. The number of aromatic nitrogens is 2. The summed E-state index contributed by atoms with van der Waals surface area (Å²) in [7, 11) is 1.60. The highest BCUT2D eigenvalue weighted by Crippen LogP contribution is 2.24. The molecule has 0 radical (unpaired) electrons. The predicted octanol–water partition coefficient (Wildman–Crippen LogP) is 2.58. The summed E-state index contributed by atoms with van der Waals surface area (Å²) < 4.78 is 6.74. The first-order valence-electron chi connectivity index (χ1n) is 9.05. The monoisotopic (exact) mass is 375 g/mol. The summed E-state index contributed by atoms with van der Waals surface area (Å²) in [6.07, 6.45) is 4.45. The number of benzene rings is 1. The molecule has 1 fully saturated rings. The molecule has 0 bridgehead atoms. The fourth-order valence-corrected chi connectivity index (χ4v) is 4.16. The van der Waals surface area contributed by atoms with Gasteiger partial charge in [-0.05, 0) is 31.9 Å². The number of fused-ring (bicyclic) bond motifs is 1. The molecule has 7 heteroatoms. The fraction of sp³-hybridized carbons (Fsp3) is 0.526. The van der Waals surface area contributed by atoms with Crippen LogP contribution in [0.5, 0.6) is 0 Å². The molecule has 26 heavy (non-hydrogen) atoms. The van der Waals surface area contributed by atoms with Crippen LogP contribution in [0.25, 0.3) is 10.9 Å². The number of amides is 1. The number of nitrogens with one attached hydrogen (secondary N) is 1. The molecule has 2 aromatic rings. The molecule has 0 aliphatic heterocycles. The quantitative estimate of drug-likeness (QED) is 0.595. The van der Waals surface area contributed by atoms with Crippen LogP contribution in [-0.2, 0) is 16.1 Å². The molecular formula is C19H25N3O3S. The van der Waals surface area contributed by atoms with Gasteiger partial charge in [0, 0.05) is 13.2 Å². The molecule has 1 atom stereocenters. The Kier molecular flexibility index (Phi) is 6.32. The lowest BCUT2D eigenvalue weighted by atomic mass is 10.2. The topological polar surface area (TPSA) is 73.2 Å². The molecule has 1 N–H and O–H groups in total.